The molecule has 0 spiro atoms. The second-order valence-electron chi connectivity index (χ2n) is 14.9. The summed E-state index contributed by atoms with van der Waals surface area (Å²) < 4.78 is 508. The molecular formula is C33H15F36NO. The number of aliphatic hydroxyl groups is 1. The second kappa shape index (κ2) is 16.7. The SMILES string of the molecule is OC(c1cc(C(F)(F)C(F)(F)C(F)(F)C(F)(F)F)cc(C(F)(F)C(F)(F)C(F)(F)C(F)(F)F)c1)(c1cc(C(F)(F)C(F)(F)C(F)(F)C(F)(F)F)cc(C(F)(F)C(F)(F)C(F)(F)C(F)(F)F)c1)[C@@H]1CCCN1. The lowest BCUT2D eigenvalue weighted by Gasteiger charge is -2.40. The molecular weight excluding hydrogens is 1110 g/mol. The van der Waals surface area contributed by atoms with Crippen LogP contribution in [0.15, 0.2) is 36.4 Å². The minimum Gasteiger partial charge on any atom is -0.379 e. The highest BCUT2D eigenvalue weighted by Crippen LogP contribution is 2.63. The second-order valence-corrected chi connectivity index (χ2v) is 14.9. The Bertz CT molecular complexity index is 1990. The normalized spacial score (nSPS) is 18.1. The number of alkyl halides is 36. The Morgan fingerprint density at radius 2 is 0.479 bits per heavy atom. The predicted octanol–water partition coefficient (Wildman–Crippen LogP) is 14.4. The summed E-state index contributed by atoms with van der Waals surface area (Å²) in [7, 11) is 0. The maximum absolute atomic E-state index is 15.4. The highest BCUT2D eigenvalue weighted by Gasteiger charge is 2.86. The molecule has 0 saturated carbocycles. The van der Waals surface area contributed by atoms with Crippen molar-refractivity contribution in [1.82, 2.24) is 5.32 Å². The fourth-order valence-electron chi connectivity index (χ4n) is 6.26. The lowest BCUT2D eigenvalue weighted by molar-refractivity contribution is -0.400. The summed E-state index contributed by atoms with van der Waals surface area (Å²) in [5.41, 5.74) is -28.0. The van der Waals surface area contributed by atoms with E-state index < -0.39 is 197 Å². The van der Waals surface area contributed by atoms with Crippen LogP contribution in [0.3, 0.4) is 0 Å². The van der Waals surface area contributed by atoms with Crippen molar-refractivity contribution in [3.05, 3.63) is 69.8 Å². The minimum atomic E-state index is -8.40. The topological polar surface area (TPSA) is 32.3 Å². The molecule has 410 valence electrons. The summed E-state index contributed by atoms with van der Waals surface area (Å²) in [6, 6.07) is -14.0. The van der Waals surface area contributed by atoms with Gasteiger partial charge in [-0.2, -0.15) is 158 Å². The van der Waals surface area contributed by atoms with Gasteiger partial charge in [0.15, 0.2) is 0 Å². The van der Waals surface area contributed by atoms with Gasteiger partial charge in [-0.15, -0.1) is 0 Å². The van der Waals surface area contributed by atoms with Crippen molar-refractivity contribution in [2.24, 2.45) is 0 Å². The lowest BCUT2D eigenvalue weighted by atomic mass is 9.75. The van der Waals surface area contributed by atoms with Crippen LogP contribution in [0, 0.1) is 0 Å². The minimum absolute atomic E-state index is 0.942. The van der Waals surface area contributed by atoms with Crippen LogP contribution in [-0.4, -0.2) is 89.8 Å². The molecule has 0 aromatic heterocycles. The molecule has 0 aliphatic carbocycles. The third-order valence-corrected chi connectivity index (χ3v) is 10.3. The number of rotatable bonds is 15. The van der Waals surface area contributed by atoms with Crippen molar-refractivity contribution in [3.8, 4) is 0 Å². The van der Waals surface area contributed by atoms with Gasteiger partial charge < -0.3 is 10.4 Å². The summed E-state index contributed by atoms with van der Waals surface area (Å²) in [4.78, 5) is 0. The van der Waals surface area contributed by atoms with Crippen LogP contribution in [-0.2, 0) is 29.3 Å². The molecule has 1 aliphatic heterocycles. The van der Waals surface area contributed by atoms with Crippen molar-refractivity contribution in [2.75, 3.05) is 6.54 Å². The summed E-state index contributed by atoms with van der Waals surface area (Å²) in [5.74, 6) is -98.5. The Labute approximate surface area is 365 Å². The van der Waals surface area contributed by atoms with Crippen LogP contribution >= 0.6 is 0 Å². The first kappa shape index (κ1) is 61.1. The summed E-state index contributed by atoms with van der Waals surface area (Å²) in [5, 5.41) is 13.4. The molecule has 1 aliphatic rings. The fourth-order valence-corrected chi connectivity index (χ4v) is 6.26. The molecule has 2 aromatic carbocycles. The molecule has 0 radical (unpaired) electrons. The van der Waals surface area contributed by atoms with E-state index in [1.807, 2.05) is 0 Å². The third kappa shape index (κ3) is 8.58. The number of halogens is 36. The molecule has 3 rings (SSSR count). The Hall–Kier alpha value is -4.16. The predicted molar refractivity (Wildman–Crippen MR) is 156 cm³/mol. The maximum Gasteiger partial charge on any atom is 0.460 e. The first-order chi connectivity index (χ1) is 30.7. The molecule has 2 nitrogen and oxygen atoms in total. The quantitative estimate of drug-likeness (QED) is 0.174. The zero-order valence-corrected chi connectivity index (χ0v) is 32.2. The van der Waals surface area contributed by atoms with Crippen molar-refractivity contribution >= 4 is 0 Å². The fraction of sp³-hybridized carbons (Fsp3) is 0.636. The molecule has 0 unspecified atom stereocenters. The first-order valence-corrected chi connectivity index (χ1v) is 17.3. The summed E-state index contributed by atoms with van der Waals surface area (Å²) in [6.07, 6.45) is -34.6. The molecule has 38 heteroatoms. The van der Waals surface area contributed by atoms with Crippen molar-refractivity contribution < 1.29 is 163 Å². The van der Waals surface area contributed by atoms with Crippen molar-refractivity contribution in [1.29, 1.82) is 0 Å². The van der Waals surface area contributed by atoms with Crippen molar-refractivity contribution in [2.45, 2.75) is 120 Å². The van der Waals surface area contributed by atoms with Gasteiger partial charge in [-0.3, -0.25) is 0 Å². The molecule has 0 bridgehead atoms. The van der Waals surface area contributed by atoms with Crippen LogP contribution in [0.2, 0.25) is 0 Å². The molecule has 71 heavy (non-hydrogen) atoms. The van der Waals surface area contributed by atoms with Gasteiger partial charge >= 0.3 is 95.8 Å². The Morgan fingerprint density at radius 1 is 0.296 bits per heavy atom. The van der Waals surface area contributed by atoms with Crippen LogP contribution in [0.25, 0.3) is 0 Å². The van der Waals surface area contributed by atoms with Gasteiger partial charge in [0.1, 0.15) is 5.60 Å². The van der Waals surface area contributed by atoms with E-state index in [2.05, 4.69) is 0 Å². The average molecular weight is 1130 g/mol. The van der Waals surface area contributed by atoms with Gasteiger partial charge in [0.2, 0.25) is 0 Å². The molecule has 1 saturated heterocycles. The zero-order valence-electron chi connectivity index (χ0n) is 32.2. The van der Waals surface area contributed by atoms with E-state index >= 15 is 35.1 Å². The Balaban J connectivity index is 2.87. The van der Waals surface area contributed by atoms with Gasteiger partial charge in [-0.1, -0.05) is 0 Å². The van der Waals surface area contributed by atoms with Crippen LogP contribution in [0.1, 0.15) is 46.2 Å². The van der Waals surface area contributed by atoms with E-state index in [9.17, 15) is 128 Å². The maximum atomic E-state index is 15.4. The highest BCUT2D eigenvalue weighted by molar-refractivity contribution is 5.50. The van der Waals surface area contributed by atoms with Gasteiger partial charge in [0.25, 0.3) is 0 Å². The third-order valence-electron chi connectivity index (χ3n) is 10.3. The molecule has 1 fully saturated rings. The van der Waals surface area contributed by atoms with E-state index in [4.69, 9.17) is 0 Å². The zero-order chi connectivity index (χ0) is 56.6. The van der Waals surface area contributed by atoms with Gasteiger partial charge in [0, 0.05) is 28.3 Å². The molecule has 2 aromatic rings. The largest absolute Gasteiger partial charge is 0.460 e. The van der Waals surface area contributed by atoms with Crippen LogP contribution in [0.4, 0.5) is 158 Å². The van der Waals surface area contributed by atoms with Gasteiger partial charge in [0.05, 0.1) is 0 Å². The van der Waals surface area contributed by atoms with Crippen LogP contribution in [0.5, 0.6) is 0 Å². The average Bonchev–Trinajstić information content (AvgIpc) is 3.74. The molecule has 2 N–H and O–H groups in total. The number of hydrogen-bond donors (Lipinski definition) is 2. The molecule has 0 amide bonds. The van der Waals surface area contributed by atoms with Gasteiger partial charge in [-0.25, -0.2) is 0 Å². The Morgan fingerprint density at radius 3 is 0.634 bits per heavy atom. The van der Waals surface area contributed by atoms with Crippen LogP contribution < -0.4 is 5.32 Å². The first-order valence-electron chi connectivity index (χ1n) is 17.3. The van der Waals surface area contributed by atoms with E-state index in [1.54, 1.807) is 5.32 Å². The molecule has 1 heterocycles. The van der Waals surface area contributed by atoms with E-state index in [0.29, 0.717) is 0 Å². The number of benzene rings is 2. The molecule has 1 atom stereocenters. The highest BCUT2D eigenvalue weighted by atomic mass is 19.5. The number of hydrogen-bond acceptors (Lipinski definition) is 2. The van der Waals surface area contributed by atoms with E-state index in [-0.39, 0.29) is 0 Å². The smallest absolute Gasteiger partial charge is 0.379 e. The van der Waals surface area contributed by atoms with E-state index in [0.717, 1.165) is 0 Å². The Kier molecular flexibility index (Phi) is 14.4. The van der Waals surface area contributed by atoms with Crippen molar-refractivity contribution in [3.63, 3.8) is 0 Å². The number of nitrogens with one attached hydrogen (secondary N) is 1. The summed E-state index contributed by atoms with van der Waals surface area (Å²) in [6.45, 7) is -1.08. The summed E-state index contributed by atoms with van der Waals surface area (Å²) >= 11 is 0. The standard InChI is InChI=1S/C33H15F36NO/c34-18(35,22(42,43)26(50,51)30(58,59)60)12-4-10(5-13(8-12)19(36,37)23(44,45)27(52,53)31(61,62)63)17(71,16-2-1-3-70-16)11-6-14(20(38,39)24(46,47)28(54,55)32(64,65)66)9-15(7-11)21(40,41)25(48,49)29(56,57)33(67,68)69/h4-9,16,70-71H,1-3H2/t16-/m0/s1. The lowest BCUT2D eigenvalue weighted by Crippen LogP contribution is -2.60. The monoisotopic (exact) mass is 1130 g/mol. The van der Waals surface area contributed by atoms with Gasteiger partial charge in [-0.05, 0) is 66.9 Å². The van der Waals surface area contributed by atoms with E-state index in [1.165, 1.54) is 0 Å².